The predicted octanol–water partition coefficient (Wildman–Crippen LogP) is 2.24. The molecule has 1 atom stereocenters. The Bertz CT molecular complexity index is 586. The summed E-state index contributed by atoms with van der Waals surface area (Å²) in [6.07, 6.45) is 3.56. The molecule has 0 amide bonds. The summed E-state index contributed by atoms with van der Waals surface area (Å²) in [4.78, 5) is 11.3. The second-order valence-electron chi connectivity index (χ2n) is 4.78. The summed E-state index contributed by atoms with van der Waals surface area (Å²) in [6, 6.07) is 9.04. The third-order valence-corrected chi connectivity index (χ3v) is 3.20. The minimum absolute atomic E-state index is 0.104. The maximum atomic E-state index is 11.3. The molecule has 0 bridgehead atoms. The van der Waals surface area contributed by atoms with Gasteiger partial charge in [-0.05, 0) is 25.0 Å². The number of nitrogens with zero attached hydrogens (tertiary/aromatic N) is 1. The molecule has 0 aliphatic carbocycles. The topological polar surface area (TPSA) is 80.6 Å². The highest BCUT2D eigenvalue weighted by Gasteiger charge is 2.16. The number of rotatable bonds is 6. The van der Waals surface area contributed by atoms with Crippen molar-refractivity contribution in [3.63, 3.8) is 0 Å². The molecule has 1 aromatic carbocycles. The van der Waals surface area contributed by atoms with E-state index >= 15 is 0 Å². The summed E-state index contributed by atoms with van der Waals surface area (Å²) in [5.41, 5.74) is 0.606. The number of benzene rings is 1. The number of hydrogen-bond donors (Lipinski definition) is 1. The molecule has 2 rings (SSSR count). The first-order valence-electron chi connectivity index (χ1n) is 7.02. The SMILES string of the molecule is COC(=O)/C(C#N)=C\Nc1cccc(OCC2CCCO2)c1. The van der Waals surface area contributed by atoms with Crippen LogP contribution in [0, 0.1) is 11.3 Å². The summed E-state index contributed by atoms with van der Waals surface area (Å²) in [5.74, 6) is 0.0197. The molecular weight excluding hydrogens is 284 g/mol. The first kappa shape index (κ1) is 15.9. The summed E-state index contributed by atoms with van der Waals surface area (Å²) >= 11 is 0. The first-order chi connectivity index (χ1) is 10.7. The van der Waals surface area contributed by atoms with E-state index in [4.69, 9.17) is 14.7 Å². The molecule has 0 radical (unpaired) electrons. The minimum Gasteiger partial charge on any atom is -0.491 e. The zero-order valence-electron chi connectivity index (χ0n) is 12.4. The second kappa shape index (κ2) is 8.05. The number of anilines is 1. The number of nitrogens with one attached hydrogen (secondary N) is 1. The standard InChI is InChI=1S/C16H18N2O4/c1-20-16(19)12(9-17)10-18-13-4-2-5-14(8-13)22-11-15-6-3-7-21-15/h2,4-5,8,10,15,18H,3,6-7,11H2,1H3/b12-10-. The molecule has 1 N–H and O–H groups in total. The van der Waals surface area contributed by atoms with E-state index in [1.54, 1.807) is 12.1 Å². The van der Waals surface area contributed by atoms with Gasteiger partial charge in [0.1, 0.15) is 18.4 Å². The highest BCUT2D eigenvalue weighted by molar-refractivity contribution is 5.93. The molecule has 6 nitrogen and oxygen atoms in total. The average Bonchev–Trinajstić information content (AvgIpc) is 3.07. The number of methoxy groups -OCH3 is 1. The molecule has 0 aromatic heterocycles. The van der Waals surface area contributed by atoms with Crippen molar-refractivity contribution in [2.45, 2.75) is 18.9 Å². The van der Waals surface area contributed by atoms with Crippen molar-refractivity contribution in [3.8, 4) is 11.8 Å². The van der Waals surface area contributed by atoms with Gasteiger partial charge >= 0.3 is 5.97 Å². The largest absolute Gasteiger partial charge is 0.491 e. The molecule has 6 heteroatoms. The molecule has 116 valence electrons. The molecular formula is C16H18N2O4. The molecule has 0 saturated carbocycles. The van der Waals surface area contributed by atoms with Crippen LogP contribution < -0.4 is 10.1 Å². The lowest BCUT2D eigenvalue weighted by Gasteiger charge is -2.12. The number of ether oxygens (including phenoxy) is 3. The maximum absolute atomic E-state index is 11.3. The van der Waals surface area contributed by atoms with Crippen LogP contribution in [-0.4, -0.2) is 32.4 Å². The van der Waals surface area contributed by atoms with Crippen molar-refractivity contribution >= 4 is 11.7 Å². The van der Waals surface area contributed by atoms with Crippen LogP contribution in [0.1, 0.15) is 12.8 Å². The lowest BCUT2D eigenvalue weighted by Crippen LogP contribution is -2.16. The van der Waals surface area contributed by atoms with Crippen LogP contribution in [-0.2, 0) is 14.3 Å². The van der Waals surface area contributed by atoms with Crippen molar-refractivity contribution in [2.75, 3.05) is 25.6 Å². The first-order valence-corrected chi connectivity index (χ1v) is 7.02. The Morgan fingerprint density at radius 1 is 1.59 bits per heavy atom. The Kier molecular flexibility index (Phi) is 5.81. The average molecular weight is 302 g/mol. The quantitative estimate of drug-likeness (QED) is 0.493. The molecule has 1 aliphatic heterocycles. The zero-order valence-corrected chi connectivity index (χ0v) is 12.4. The third-order valence-electron chi connectivity index (χ3n) is 3.20. The van der Waals surface area contributed by atoms with Gasteiger partial charge in [0, 0.05) is 24.6 Å². The van der Waals surface area contributed by atoms with Crippen molar-refractivity contribution < 1.29 is 19.0 Å². The Morgan fingerprint density at radius 2 is 2.45 bits per heavy atom. The van der Waals surface area contributed by atoms with Crippen LogP contribution in [0.5, 0.6) is 5.75 Å². The predicted molar refractivity (Wildman–Crippen MR) is 80.2 cm³/mol. The van der Waals surface area contributed by atoms with E-state index in [9.17, 15) is 4.79 Å². The number of carbonyl (C=O) groups excluding carboxylic acids is 1. The van der Waals surface area contributed by atoms with Crippen molar-refractivity contribution in [1.29, 1.82) is 5.26 Å². The van der Waals surface area contributed by atoms with Gasteiger partial charge in [-0.2, -0.15) is 5.26 Å². The normalized spacial score (nSPS) is 17.6. The molecule has 1 saturated heterocycles. The van der Waals surface area contributed by atoms with Crippen molar-refractivity contribution in [3.05, 3.63) is 36.0 Å². The van der Waals surface area contributed by atoms with Gasteiger partial charge in [0.15, 0.2) is 5.57 Å². The molecule has 1 fully saturated rings. The lowest BCUT2D eigenvalue weighted by atomic mass is 10.2. The molecule has 1 heterocycles. The summed E-state index contributed by atoms with van der Waals surface area (Å²) in [6.45, 7) is 1.32. The monoisotopic (exact) mass is 302 g/mol. The zero-order chi connectivity index (χ0) is 15.8. The number of carbonyl (C=O) groups is 1. The van der Waals surface area contributed by atoms with E-state index in [2.05, 4.69) is 10.1 Å². The molecule has 1 aliphatic rings. The van der Waals surface area contributed by atoms with Gasteiger partial charge in [0.2, 0.25) is 0 Å². The Hall–Kier alpha value is -2.52. The smallest absolute Gasteiger partial charge is 0.350 e. The molecule has 1 aromatic rings. The summed E-state index contributed by atoms with van der Waals surface area (Å²) < 4.78 is 15.7. The molecule has 1 unspecified atom stereocenters. The Labute approximate surface area is 129 Å². The van der Waals surface area contributed by atoms with E-state index in [1.807, 2.05) is 18.2 Å². The fourth-order valence-corrected chi connectivity index (χ4v) is 2.04. The van der Waals surface area contributed by atoms with Crippen molar-refractivity contribution in [1.82, 2.24) is 0 Å². The Morgan fingerprint density at radius 3 is 3.14 bits per heavy atom. The number of esters is 1. The van der Waals surface area contributed by atoms with Gasteiger partial charge < -0.3 is 19.5 Å². The van der Waals surface area contributed by atoms with Crippen LogP contribution in [0.25, 0.3) is 0 Å². The fourth-order valence-electron chi connectivity index (χ4n) is 2.04. The second-order valence-corrected chi connectivity index (χ2v) is 4.78. The van der Waals surface area contributed by atoms with Crippen LogP contribution in [0.3, 0.4) is 0 Å². The van der Waals surface area contributed by atoms with Crippen LogP contribution >= 0.6 is 0 Å². The Balaban J connectivity index is 1.94. The van der Waals surface area contributed by atoms with Crippen LogP contribution in [0.2, 0.25) is 0 Å². The van der Waals surface area contributed by atoms with Gasteiger partial charge in [0.25, 0.3) is 0 Å². The van der Waals surface area contributed by atoms with Gasteiger partial charge in [-0.25, -0.2) is 4.79 Å². The summed E-state index contributed by atoms with van der Waals surface area (Å²) in [7, 11) is 1.23. The van der Waals surface area contributed by atoms with Gasteiger partial charge in [-0.1, -0.05) is 6.07 Å². The maximum Gasteiger partial charge on any atom is 0.350 e. The van der Waals surface area contributed by atoms with Crippen LogP contribution in [0.15, 0.2) is 36.0 Å². The highest BCUT2D eigenvalue weighted by atomic mass is 16.5. The third kappa shape index (κ3) is 4.50. The molecule has 0 spiro atoms. The van der Waals surface area contributed by atoms with Crippen LogP contribution in [0.4, 0.5) is 5.69 Å². The summed E-state index contributed by atoms with van der Waals surface area (Å²) in [5, 5.41) is 11.8. The number of hydrogen-bond acceptors (Lipinski definition) is 6. The van der Waals surface area contributed by atoms with Gasteiger partial charge in [-0.15, -0.1) is 0 Å². The van der Waals surface area contributed by atoms with E-state index in [0.717, 1.165) is 19.4 Å². The van der Waals surface area contributed by atoms with Gasteiger partial charge in [-0.3, -0.25) is 0 Å². The lowest BCUT2D eigenvalue weighted by molar-refractivity contribution is -0.135. The minimum atomic E-state index is -0.680. The van der Waals surface area contributed by atoms with Crippen molar-refractivity contribution in [2.24, 2.45) is 0 Å². The van der Waals surface area contributed by atoms with E-state index in [-0.39, 0.29) is 11.7 Å². The van der Waals surface area contributed by atoms with E-state index < -0.39 is 5.97 Å². The van der Waals surface area contributed by atoms with E-state index in [1.165, 1.54) is 13.3 Å². The van der Waals surface area contributed by atoms with Gasteiger partial charge in [0.05, 0.1) is 13.2 Å². The highest BCUT2D eigenvalue weighted by Crippen LogP contribution is 2.20. The fraction of sp³-hybridized carbons (Fsp3) is 0.375. The molecule has 22 heavy (non-hydrogen) atoms. The van der Waals surface area contributed by atoms with E-state index in [0.29, 0.717) is 18.0 Å². The number of nitriles is 1.